The van der Waals surface area contributed by atoms with Crippen molar-refractivity contribution < 1.29 is 14.1 Å². The van der Waals surface area contributed by atoms with E-state index >= 15 is 0 Å². The molecular formula is C21H18ClN3O4. The molecule has 1 amide bonds. The Labute approximate surface area is 172 Å². The maximum absolute atomic E-state index is 12.6. The number of benzene rings is 2. The zero-order valence-electron chi connectivity index (χ0n) is 15.4. The third-order valence-corrected chi connectivity index (χ3v) is 5.35. The van der Waals surface area contributed by atoms with Gasteiger partial charge in [-0.2, -0.15) is 0 Å². The van der Waals surface area contributed by atoms with Gasteiger partial charge in [-0.05, 0) is 42.3 Å². The molecule has 29 heavy (non-hydrogen) atoms. The summed E-state index contributed by atoms with van der Waals surface area (Å²) < 4.78 is 5.63. The summed E-state index contributed by atoms with van der Waals surface area (Å²) in [7, 11) is 0. The van der Waals surface area contributed by atoms with Crippen LogP contribution in [0.25, 0.3) is 0 Å². The maximum Gasteiger partial charge on any atom is 0.288 e. The zero-order valence-corrected chi connectivity index (χ0v) is 16.1. The molecule has 1 aromatic heterocycles. The lowest BCUT2D eigenvalue weighted by Crippen LogP contribution is -2.37. The Kier molecular flexibility index (Phi) is 5.22. The second-order valence-electron chi connectivity index (χ2n) is 6.74. The van der Waals surface area contributed by atoms with E-state index in [4.69, 9.17) is 16.0 Å². The lowest BCUT2D eigenvalue weighted by atomic mass is 10.1. The Balaban J connectivity index is 1.55. The van der Waals surface area contributed by atoms with Gasteiger partial charge in [0.1, 0.15) is 16.8 Å². The number of hydrogen-bond donors (Lipinski definition) is 1. The first kappa shape index (κ1) is 19.0. The Bertz CT molecular complexity index is 1050. The summed E-state index contributed by atoms with van der Waals surface area (Å²) in [4.78, 5) is 25.3. The first-order valence-corrected chi connectivity index (χ1v) is 9.52. The second kappa shape index (κ2) is 7.97. The topological polar surface area (TPSA) is 88.6 Å². The number of fused-ring (bicyclic) bond motifs is 1. The molecule has 3 aromatic rings. The molecular weight excluding hydrogens is 394 g/mol. The predicted octanol–water partition coefficient (Wildman–Crippen LogP) is 4.38. The van der Waals surface area contributed by atoms with Crippen LogP contribution in [-0.4, -0.2) is 23.9 Å². The molecule has 2 aromatic carbocycles. The fraction of sp³-hybridized carbons (Fsp3) is 0.190. The van der Waals surface area contributed by atoms with Crippen molar-refractivity contribution in [2.45, 2.75) is 12.5 Å². The highest BCUT2D eigenvalue weighted by Gasteiger charge is 2.29. The van der Waals surface area contributed by atoms with E-state index in [1.165, 1.54) is 23.8 Å². The molecule has 7 nitrogen and oxygen atoms in total. The molecule has 1 atom stereocenters. The number of rotatable bonds is 6. The molecule has 0 radical (unpaired) electrons. The van der Waals surface area contributed by atoms with Gasteiger partial charge in [0.2, 0.25) is 0 Å². The number of nitro groups is 1. The van der Waals surface area contributed by atoms with Gasteiger partial charge in [-0.25, -0.2) is 0 Å². The summed E-state index contributed by atoms with van der Waals surface area (Å²) in [5.74, 6) is 0.331. The number of hydrogen-bond acceptors (Lipinski definition) is 5. The van der Waals surface area contributed by atoms with E-state index in [-0.39, 0.29) is 28.9 Å². The van der Waals surface area contributed by atoms with Crippen molar-refractivity contribution in [1.29, 1.82) is 0 Å². The van der Waals surface area contributed by atoms with Crippen LogP contribution in [0.5, 0.6) is 0 Å². The summed E-state index contributed by atoms with van der Waals surface area (Å²) in [5, 5.41) is 13.9. The van der Waals surface area contributed by atoms with E-state index in [1.807, 2.05) is 24.3 Å². The summed E-state index contributed by atoms with van der Waals surface area (Å²) in [5.41, 5.74) is 2.26. The Hall–Kier alpha value is -3.32. The number of furan rings is 1. The van der Waals surface area contributed by atoms with E-state index in [2.05, 4.69) is 22.3 Å². The summed E-state index contributed by atoms with van der Waals surface area (Å²) in [6, 6.07) is 15.7. The number of para-hydroxylation sites is 1. The van der Waals surface area contributed by atoms with Gasteiger partial charge < -0.3 is 14.6 Å². The van der Waals surface area contributed by atoms with E-state index in [0.29, 0.717) is 0 Å². The molecule has 1 N–H and O–H groups in total. The van der Waals surface area contributed by atoms with E-state index < -0.39 is 10.8 Å². The van der Waals surface area contributed by atoms with Crippen molar-refractivity contribution in [3.05, 3.63) is 92.9 Å². The van der Waals surface area contributed by atoms with Crippen LogP contribution in [0, 0.1) is 10.1 Å². The fourth-order valence-corrected chi connectivity index (χ4v) is 3.80. The normalized spacial score (nSPS) is 13.8. The van der Waals surface area contributed by atoms with Crippen molar-refractivity contribution in [3.8, 4) is 0 Å². The molecule has 1 aliphatic rings. The number of carbonyl (C=O) groups is 1. The molecule has 0 spiro atoms. The minimum atomic E-state index is -0.605. The molecule has 0 fully saturated rings. The number of nitrogens with one attached hydrogen (secondary N) is 1. The van der Waals surface area contributed by atoms with Gasteiger partial charge in [-0.15, -0.1) is 0 Å². The van der Waals surface area contributed by atoms with Gasteiger partial charge in [0.25, 0.3) is 11.6 Å². The third kappa shape index (κ3) is 3.82. The smallest absolute Gasteiger partial charge is 0.288 e. The third-order valence-electron chi connectivity index (χ3n) is 5.03. The van der Waals surface area contributed by atoms with E-state index in [1.54, 1.807) is 6.26 Å². The minimum absolute atomic E-state index is 0.00585. The van der Waals surface area contributed by atoms with E-state index in [0.717, 1.165) is 24.4 Å². The zero-order chi connectivity index (χ0) is 20.4. The van der Waals surface area contributed by atoms with Crippen LogP contribution in [0.1, 0.15) is 27.7 Å². The average molecular weight is 412 g/mol. The van der Waals surface area contributed by atoms with Crippen molar-refractivity contribution in [2.24, 2.45) is 0 Å². The highest BCUT2D eigenvalue weighted by molar-refractivity contribution is 6.32. The van der Waals surface area contributed by atoms with Crippen LogP contribution >= 0.6 is 11.6 Å². The number of carbonyl (C=O) groups excluding carboxylic acids is 1. The van der Waals surface area contributed by atoms with Crippen LogP contribution in [0.4, 0.5) is 11.4 Å². The van der Waals surface area contributed by atoms with Gasteiger partial charge in [-0.1, -0.05) is 29.8 Å². The van der Waals surface area contributed by atoms with Crippen molar-refractivity contribution in [3.63, 3.8) is 0 Å². The molecule has 0 saturated heterocycles. The number of halogens is 1. The standard InChI is InChI=1S/C21H18ClN3O4/c22-16-8-7-15(12-18(16)25(27)28)21(26)23-13-19(20-6-3-11-29-20)24-10-9-14-4-1-2-5-17(14)24/h1-8,11-12,19H,9-10,13H2,(H,23,26). The van der Waals surface area contributed by atoms with Gasteiger partial charge in [0, 0.05) is 30.4 Å². The molecule has 148 valence electrons. The van der Waals surface area contributed by atoms with Crippen molar-refractivity contribution >= 4 is 28.9 Å². The van der Waals surface area contributed by atoms with Crippen molar-refractivity contribution in [2.75, 3.05) is 18.0 Å². The van der Waals surface area contributed by atoms with E-state index in [9.17, 15) is 14.9 Å². The van der Waals surface area contributed by atoms with Crippen LogP contribution in [0.3, 0.4) is 0 Å². The molecule has 1 aliphatic heterocycles. The van der Waals surface area contributed by atoms with Crippen LogP contribution in [0.15, 0.2) is 65.3 Å². The Morgan fingerprint density at radius 2 is 2.07 bits per heavy atom. The first-order chi connectivity index (χ1) is 14.0. The van der Waals surface area contributed by atoms with Crippen LogP contribution in [-0.2, 0) is 6.42 Å². The average Bonchev–Trinajstić information content (AvgIpc) is 3.39. The van der Waals surface area contributed by atoms with Gasteiger partial charge in [-0.3, -0.25) is 14.9 Å². The maximum atomic E-state index is 12.6. The monoisotopic (exact) mass is 411 g/mol. The largest absolute Gasteiger partial charge is 0.467 e. The summed E-state index contributed by atoms with van der Waals surface area (Å²) >= 11 is 5.83. The Morgan fingerprint density at radius 3 is 2.83 bits per heavy atom. The fourth-order valence-electron chi connectivity index (χ4n) is 3.62. The van der Waals surface area contributed by atoms with Crippen LogP contribution < -0.4 is 10.2 Å². The number of nitro benzene ring substituents is 1. The molecule has 0 bridgehead atoms. The number of nitrogens with zero attached hydrogens (tertiary/aromatic N) is 2. The molecule has 0 aliphatic carbocycles. The Morgan fingerprint density at radius 1 is 1.24 bits per heavy atom. The molecule has 2 heterocycles. The van der Waals surface area contributed by atoms with Crippen molar-refractivity contribution in [1.82, 2.24) is 5.32 Å². The van der Waals surface area contributed by atoms with Gasteiger partial charge >= 0.3 is 0 Å². The van der Waals surface area contributed by atoms with Crippen LogP contribution in [0.2, 0.25) is 5.02 Å². The highest BCUT2D eigenvalue weighted by Crippen LogP contribution is 2.35. The van der Waals surface area contributed by atoms with Gasteiger partial charge in [0.15, 0.2) is 0 Å². The summed E-state index contributed by atoms with van der Waals surface area (Å²) in [6.45, 7) is 1.10. The number of anilines is 1. The first-order valence-electron chi connectivity index (χ1n) is 9.14. The predicted molar refractivity (Wildman–Crippen MR) is 109 cm³/mol. The lowest BCUT2D eigenvalue weighted by Gasteiger charge is -2.29. The van der Waals surface area contributed by atoms with Gasteiger partial charge in [0.05, 0.1) is 11.2 Å². The molecule has 1 unspecified atom stereocenters. The molecule has 0 saturated carbocycles. The number of amides is 1. The molecule has 4 rings (SSSR count). The highest BCUT2D eigenvalue weighted by atomic mass is 35.5. The quantitative estimate of drug-likeness (QED) is 0.480. The minimum Gasteiger partial charge on any atom is -0.467 e. The SMILES string of the molecule is O=C(NCC(c1ccco1)N1CCc2ccccc21)c1ccc(Cl)c([N+](=O)[O-])c1. The second-order valence-corrected chi connectivity index (χ2v) is 7.14. The molecule has 8 heteroatoms. The summed E-state index contributed by atoms with van der Waals surface area (Å²) in [6.07, 6.45) is 2.53. The lowest BCUT2D eigenvalue weighted by molar-refractivity contribution is -0.384.